The molecule has 0 aromatic rings. The second-order valence-electron chi connectivity index (χ2n) is 3.43. The molecular weight excluding hydrogens is 264 g/mol. The fourth-order valence-electron chi connectivity index (χ4n) is 1.14. The summed E-state index contributed by atoms with van der Waals surface area (Å²) < 4.78 is 9.34. The molecule has 0 aromatic carbocycles. The molecule has 0 saturated heterocycles. The van der Waals surface area contributed by atoms with Crippen molar-refractivity contribution in [3.63, 3.8) is 0 Å². The van der Waals surface area contributed by atoms with E-state index in [2.05, 4.69) is 34.7 Å². The summed E-state index contributed by atoms with van der Waals surface area (Å²) in [7, 11) is 0. The molecule has 5 nitrogen and oxygen atoms in total. The van der Waals surface area contributed by atoms with Crippen LogP contribution in [0.15, 0.2) is 0 Å². The molecule has 0 saturated carbocycles. The number of unbranched alkanes of at least 4 members (excludes halogenated alkanes) is 2. The molecule has 0 aromatic heterocycles. The maximum Gasteiger partial charge on any atom is 0.373 e. The summed E-state index contributed by atoms with van der Waals surface area (Å²) in [5.41, 5.74) is 0. The van der Waals surface area contributed by atoms with Crippen LogP contribution in [0.2, 0.25) is 0 Å². The van der Waals surface area contributed by atoms with Gasteiger partial charge in [0.1, 0.15) is 0 Å². The van der Waals surface area contributed by atoms with E-state index in [9.17, 15) is 14.7 Å². The van der Waals surface area contributed by atoms with E-state index >= 15 is 0 Å². The van der Waals surface area contributed by atoms with Crippen LogP contribution >= 0.6 is 25.3 Å². The van der Waals surface area contributed by atoms with Crippen molar-refractivity contribution in [1.82, 2.24) is 0 Å². The number of ether oxygens (including phenoxy) is 2. The quantitative estimate of drug-likeness (QED) is 0.270. The van der Waals surface area contributed by atoms with Crippen molar-refractivity contribution in [2.24, 2.45) is 0 Å². The van der Waals surface area contributed by atoms with E-state index < -0.39 is 17.9 Å². The van der Waals surface area contributed by atoms with Crippen molar-refractivity contribution in [2.45, 2.75) is 38.6 Å². The molecule has 0 aliphatic heterocycles. The minimum absolute atomic E-state index is 0.0415. The summed E-state index contributed by atoms with van der Waals surface area (Å²) in [6.45, 7) is 1.98. The Kier molecular flexibility index (Phi) is 8.45. The highest BCUT2D eigenvalue weighted by atomic mass is 32.1. The zero-order valence-corrected chi connectivity index (χ0v) is 11.5. The third kappa shape index (κ3) is 7.51. The van der Waals surface area contributed by atoms with Crippen LogP contribution in [0.5, 0.6) is 0 Å². The van der Waals surface area contributed by atoms with Crippen LogP contribution in [0.1, 0.15) is 32.6 Å². The number of thiol groups is 2. The van der Waals surface area contributed by atoms with Gasteiger partial charge in [-0.2, -0.15) is 25.3 Å². The van der Waals surface area contributed by atoms with E-state index in [0.29, 0.717) is 6.42 Å². The molecule has 0 unspecified atom stereocenters. The van der Waals surface area contributed by atoms with Crippen molar-refractivity contribution in [3.05, 3.63) is 0 Å². The molecule has 0 atom stereocenters. The molecule has 0 bridgehead atoms. The fourth-order valence-corrected chi connectivity index (χ4v) is 1.27. The average molecular weight is 282 g/mol. The first kappa shape index (κ1) is 16.6. The second-order valence-corrected chi connectivity index (χ2v) is 4.07. The summed E-state index contributed by atoms with van der Waals surface area (Å²) in [6.07, 6.45) is 2.38. The Labute approximate surface area is 112 Å². The highest BCUT2D eigenvalue weighted by molar-refractivity contribution is 7.81. The number of rotatable bonds is 8. The van der Waals surface area contributed by atoms with Crippen molar-refractivity contribution in [2.75, 3.05) is 11.5 Å². The lowest BCUT2D eigenvalue weighted by molar-refractivity contribution is -0.326. The molecule has 7 heteroatoms. The Bertz CT molecular complexity index is 239. The van der Waals surface area contributed by atoms with Crippen LogP contribution < -0.4 is 0 Å². The van der Waals surface area contributed by atoms with Gasteiger partial charge in [0.25, 0.3) is 0 Å². The molecule has 0 aliphatic carbocycles. The summed E-state index contributed by atoms with van der Waals surface area (Å²) in [6, 6.07) is 0. The predicted molar refractivity (Wildman–Crippen MR) is 69.0 cm³/mol. The first-order valence-corrected chi connectivity index (χ1v) is 6.61. The van der Waals surface area contributed by atoms with E-state index in [4.69, 9.17) is 0 Å². The molecule has 0 heterocycles. The largest absolute Gasteiger partial charge is 0.397 e. The van der Waals surface area contributed by atoms with Gasteiger partial charge in [-0.25, -0.2) is 0 Å². The molecular formula is C10H18O5S2. The lowest BCUT2D eigenvalue weighted by Crippen LogP contribution is -2.40. The Morgan fingerprint density at radius 3 is 1.94 bits per heavy atom. The molecule has 0 aliphatic rings. The Morgan fingerprint density at radius 2 is 1.59 bits per heavy atom. The van der Waals surface area contributed by atoms with Gasteiger partial charge in [-0.3, -0.25) is 9.59 Å². The third-order valence-electron chi connectivity index (χ3n) is 1.90. The van der Waals surface area contributed by atoms with E-state index in [0.717, 1.165) is 12.8 Å². The predicted octanol–water partition coefficient (Wildman–Crippen LogP) is 1.16. The molecule has 1 N–H and O–H groups in total. The molecule has 0 fully saturated rings. The number of carbonyl (C=O) groups excluding carboxylic acids is 2. The summed E-state index contributed by atoms with van der Waals surface area (Å²) in [5, 5.41) is 9.89. The summed E-state index contributed by atoms with van der Waals surface area (Å²) in [4.78, 5) is 22.1. The second kappa shape index (κ2) is 8.66. The van der Waals surface area contributed by atoms with Crippen LogP contribution in [0.25, 0.3) is 0 Å². The maximum atomic E-state index is 11.1. The Morgan fingerprint density at radius 1 is 1.12 bits per heavy atom. The first-order valence-electron chi connectivity index (χ1n) is 5.35. The monoisotopic (exact) mass is 282 g/mol. The zero-order chi connectivity index (χ0) is 13.3. The molecule has 0 radical (unpaired) electrons. The van der Waals surface area contributed by atoms with Gasteiger partial charge in [0.05, 0.1) is 17.9 Å². The standard InChI is InChI=1S/C10H18O5S2/c1-2-3-4-5-10(13,14-8(11)6-16)15-9(12)7-17/h13,16-17H,2-7H2,1H3. The van der Waals surface area contributed by atoms with Crippen molar-refractivity contribution in [1.29, 1.82) is 0 Å². The van der Waals surface area contributed by atoms with Crippen LogP contribution in [0.3, 0.4) is 0 Å². The molecule has 0 spiro atoms. The van der Waals surface area contributed by atoms with E-state index in [-0.39, 0.29) is 17.9 Å². The van der Waals surface area contributed by atoms with Gasteiger partial charge < -0.3 is 14.6 Å². The fraction of sp³-hybridized carbons (Fsp3) is 0.800. The van der Waals surface area contributed by atoms with E-state index in [1.165, 1.54) is 0 Å². The Balaban J connectivity index is 4.44. The van der Waals surface area contributed by atoms with Gasteiger partial charge in [0.2, 0.25) is 0 Å². The SMILES string of the molecule is CCCCCC(O)(OC(=O)CS)OC(=O)CS. The molecule has 0 amide bonds. The smallest absolute Gasteiger partial charge is 0.373 e. The van der Waals surface area contributed by atoms with Crippen LogP contribution in [0, 0.1) is 0 Å². The van der Waals surface area contributed by atoms with Crippen molar-refractivity contribution >= 4 is 37.2 Å². The normalized spacial score (nSPS) is 11.1. The van der Waals surface area contributed by atoms with Gasteiger partial charge in [-0.1, -0.05) is 19.8 Å². The molecule has 17 heavy (non-hydrogen) atoms. The zero-order valence-electron chi connectivity index (χ0n) is 9.72. The van der Waals surface area contributed by atoms with E-state index in [1.807, 2.05) is 6.92 Å². The number of esters is 2. The minimum Gasteiger partial charge on any atom is -0.397 e. The number of carbonyl (C=O) groups is 2. The van der Waals surface area contributed by atoms with Gasteiger partial charge in [0, 0.05) is 0 Å². The highest BCUT2D eigenvalue weighted by Gasteiger charge is 2.35. The van der Waals surface area contributed by atoms with Gasteiger partial charge in [-0.15, -0.1) is 0 Å². The van der Waals surface area contributed by atoms with Crippen LogP contribution in [0.4, 0.5) is 0 Å². The molecule has 0 rings (SSSR count). The number of hydrogen-bond donors (Lipinski definition) is 3. The molecule has 100 valence electrons. The average Bonchev–Trinajstić information content (AvgIpc) is 2.28. The van der Waals surface area contributed by atoms with Gasteiger partial charge in [-0.05, 0) is 6.42 Å². The third-order valence-corrected chi connectivity index (χ3v) is 2.42. The van der Waals surface area contributed by atoms with E-state index in [1.54, 1.807) is 0 Å². The maximum absolute atomic E-state index is 11.1. The Hall–Kier alpha value is -0.400. The number of hydrogen-bond acceptors (Lipinski definition) is 7. The summed E-state index contributed by atoms with van der Waals surface area (Å²) >= 11 is 7.42. The van der Waals surface area contributed by atoms with Gasteiger partial charge >= 0.3 is 17.9 Å². The lowest BCUT2D eigenvalue weighted by atomic mass is 10.2. The van der Waals surface area contributed by atoms with Crippen LogP contribution in [-0.4, -0.2) is 34.5 Å². The number of aliphatic hydroxyl groups is 1. The van der Waals surface area contributed by atoms with Crippen LogP contribution in [-0.2, 0) is 19.1 Å². The lowest BCUT2D eigenvalue weighted by Gasteiger charge is -2.26. The minimum atomic E-state index is -2.20. The van der Waals surface area contributed by atoms with Gasteiger partial charge in [0.15, 0.2) is 0 Å². The highest BCUT2D eigenvalue weighted by Crippen LogP contribution is 2.19. The summed E-state index contributed by atoms with van der Waals surface area (Å²) in [5.74, 6) is -4.10. The topological polar surface area (TPSA) is 72.8 Å². The first-order chi connectivity index (χ1) is 7.97. The van der Waals surface area contributed by atoms with Crippen molar-refractivity contribution < 1.29 is 24.2 Å². The van der Waals surface area contributed by atoms with Crippen molar-refractivity contribution in [3.8, 4) is 0 Å².